The van der Waals surface area contributed by atoms with Gasteiger partial charge in [-0.25, -0.2) is 17.5 Å². The van der Waals surface area contributed by atoms with Crippen LogP contribution in [0.15, 0.2) is 29.4 Å². The summed E-state index contributed by atoms with van der Waals surface area (Å²) in [7, 11) is -4.04. The number of nitrogens with one attached hydrogen (secondary N) is 1. The molecular formula is C12H15FN4O3S. The van der Waals surface area contributed by atoms with E-state index in [0.29, 0.717) is 17.9 Å². The molecule has 0 saturated heterocycles. The van der Waals surface area contributed by atoms with Crippen LogP contribution in [-0.2, 0) is 29.7 Å². The standard InChI is InChI=1S/C12H15FN4O3S/c1-2-17-8-14-16-12(17)6-15-21(19,20)11-5-9(7-18)3-4-10(11)13/h3-5,8,15,18H,2,6-7H2,1H3. The molecule has 0 atom stereocenters. The average Bonchev–Trinajstić information content (AvgIpc) is 2.93. The number of aryl methyl sites for hydroxylation is 1. The first-order valence-electron chi connectivity index (χ1n) is 6.23. The van der Waals surface area contributed by atoms with Crippen LogP contribution >= 0.6 is 0 Å². The number of hydrogen-bond acceptors (Lipinski definition) is 5. The second-order valence-electron chi connectivity index (χ2n) is 4.28. The van der Waals surface area contributed by atoms with Crippen molar-refractivity contribution in [1.29, 1.82) is 0 Å². The molecule has 2 rings (SSSR count). The number of benzene rings is 1. The van der Waals surface area contributed by atoms with Gasteiger partial charge in [-0.05, 0) is 24.6 Å². The van der Waals surface area contributed by atoms with Crippen LogP contribution in [0.3, 0.4) is 0 Å². The zero-order chi connectivity index (χ0) is 15.5. The zero-order valence-corrected chi connectivity index (χ0v) is 12.1. The van der Waals surface area contributed by atoms with Gasteiger partial charge in [0.15, 0.2) is 0 Å². The van der Waals surface area contributed by atoms with Crippen LogP contribution in [-0.4, -0.2) is 28.3 Å². The molecule has 0 aliphatic heterocycles. The van der Waals surface area contributed by atoms with Gasteiger partial charge in [0.25, 0.3) is 0 Å². The fourth-order valence-electron chi connectivity index (χ4n) is 1.77. The molecule has 2 N–H and O–H groups in total. The minimum Gasteiger partial charge on any atom is -0.392 e. The van der Waals surface area contributed by atoms with Crippen molar-refractivity contribution in [3.8, 4) is 0 Å². The molecule has 0 amide bonds. The van der Waals surface area contributed by atoms with Gasteiger partial charge < -0.3 is 9.67 Å². The van der Waals surface area contributed by atoms with Crippen LogP contribution in [0.5, 0.6) is 0 Å². The van der Waals surface area contributed by atoms with Crippen LogP contribution in [0.2, 0.25) is 0 Å². The van der Waals surface area contributed by atoms with Gasteiger partial charge in [-0.1, -0.05) is 6.07 Å². The molecule has 1 aromatic carbocycles. The van der Waals surface area contributed by atoms with Gasteiger partial charge >= 0.3 is 0 Å². The first kappa shape index (κ1) is 15.5. The van der Waals surface area contributed by atoms with E-state index < -0.39 is 20.7 Å². The number of hydrogen-bond donors (Lipinski definition) is 2. The number of aromatic nitrogens is 3. The third-order valence-corrected chi connectivity index (χ3v) is 4.34. The Morgan fingerprint density at radius 3 is 2.86 bits per heavy atom. The van der Waals surface area contributed by atoms with Crippen molar-refractivity contribution in [1.82, 2.24) is 19.5 Å². The maximum atomic E-state index is 13.7. The van der Waals surface area contributed by atoms with Crippen molar-refractivity contribution < 1.29 is 17.9 Å². The van der Waals surface area contributed by atoms with Gasteiger partial charge in [0.05, 0.1) is 13.2 Å². The van der Waals surface area contributed by atoms with Crippen LogP contribution in [0, 0.1) is 5.82 Å². The number of sulfonamides is 1. The maximum Gasteiger partial charge on any atom is 0.243 e. The molecule has 0 spiro atoms. The average molecular weight is 314 g/mol. The third kappa shape index (κ3) is 3.43. The Hall–Kier alpha value is -1.84. The number of halogens is 1. The highest BCUT2D eigenvalue weighted by Gasteiger charge is 2.20. The molecular weight excluding hydrogens is 299 g/mol. The predicted octanol–water partition coefficient (Wildman–Crippen LogP) is 0.408. The summed E-state index contributed by atoms with van der Waals surface area (Å²) in [6.45, 7) is 2.00. The minimum absolute atomic E-state index is 0.0982. The molecule has 0 radical (unpaired) electrons. The zero-order valence-electron chi connectivity index (χ0n) is 11.3. The van der Waals surface area contributed by atoms with E-state index >= 15 is 0 Å². The van der Waals surface area contributed by atoms with Gasteiger partial charge in [0.1, 0.15) is 22.9 Å². The number of rotatable bonds is 6. The first-order valence-corrected chi connectivity index (χ1v) is 7.72. The fraction of sp³-hybridized carbons (Fsp3) is 0.333. The highest BCUT2D eigenvalue weighted by Crippen LogP contribution is 2.16. The molecule has 0 saturated carbocycles. The number of aliphatic hydroxyl groups is 1. The Morgan fingerprint density at radius 1 is 1.43 bits per heavy atom. The van der Waals surface area contributed by atoms with E-state index in [4.69, 9.17) is 5.11 Å². The summed E-state index contributed by atoms with van der Waals surface area (Å²) < 4.78 is 41.9. The molecule has 0 unspecified atom stereocenters. The highest BCUT2D eigenvalue weighted by atomic mass is 32.2. The summed E-state index contributed by atoms with van der Waals surface area (Å²) in [5, 5.41) is 16.5. The van der Waals surface area contributed by atoms with E-state index in [1.807, 2.05) is 6.92 Å². The Morgan fingerprint density at radius 2 is 2.19 bits per heavy atom. The van der Waals surface area contributed by atoms with E-state index in [9.17, 15) is 12.8 Å². The van der Waals surface area contributed by atoms with E-state index in [0.717, 1.165) is 12.1 Å². The quantitative estimate of drug-likeness (QED) is 0.805. The van der Waals surface area contributed by atoms with Crippen LogP contribution in [0.4, 0.5) is 4.39 Å². The normalized spacial score (nSPS) is 11.8. The number of aliphatic hydroxyl groups excluding tert-OH is 1. The minimum atomic E-state index is -4.04. The van der Waals surface area contributed by atoms with Gasteiger partial charge in [-0.3, -0.25) is 0 Å². The largest absolute Gasteiger partial charge is 0.392 e. The summed E-state index contributed by atoms with van der Waals surface area (Å²) in [5.41, 5.74) is 0.313. The topological polar surface area (TPSA) is 97.1 Å². The molecule has 0 fully saturated rings. The predicted molar refractivity (Wildman–Crippen MR) is 72.0 cm³/mol. The SMILES string of the molecule is CCn1cnnc1CNS(=O)(=O)c1cc(CO)ccc1F. The molecule has 7 nitrogen and oxygen atoms in total. The van der Waals surface area contributed by atoms with Crippen molar-refractivity contribution in [2.24, 2.45) is 0 Å². The second kappa shape index (κ2) is 6.29. The van der Waals surface area contributed by atoms with E-state index in [1.54, 1.807) is 4.57 Å². The van der Waals surface area contributed by atoms with E-state index in [2.05, 4.69) is 14.9 Å². The van der Waals surface area contributed by atoms with E-state index in [-0.39, 0.29) is 13.2 Å². The summed E-state index contributed by atoms with van der Waals surface area (Å²) in [4.78, 5) is -0.503. The van der Waals surface area contributed by atoms with Crippen LogP contribution < -0.4 is 4.72 Å². The Balaban J connectivity index is 2.23. The lowest BCUT2D eigenvalue weighted by molar-refractivity contribution is 0.281. The van der Waals surface area contributed by atoms with Crippen LogP contribution in [0.25, 0.3) is 0 Å². The van der Waals surface area contributed by atoms with Gasteiger partial charge in [0.2, 0.25) is 10.0 Å². The van der Waals surface area contributed by atoms with E-state index in [1.165, 1.54) is 12.4 Å². The Bertz CT molecular complexity index is 730. The van der Waals surface area contributed by atoms with Crippen LogP contribution in [0.1, 0.15) is 18.3 Å². The number of nitrogens with zero attached hydrogens (tertiary/aromatic N) is 3. The smallest absolute Gasteiger partial charge is 0.243 e. The highest BCUT2D eigenvalue weighted by molar-refractivity contribution is 7.89. The summed E-state index contributed by atoms with van der Waals surface area (Å²) in [6, 6.07) is 3.43. The molecule has 114 valence electrons. The lowest BCUT2D eigenvalue weighted by Gasteiger charge is -2.09. The molecule has 2 aromatic rings. The second-order valence-corrected chi connectivity index (χ2v) is 6.02. The summed E-state index contributed by atoms with van der Waals surface area (Å²) in [6.07, 6.45) is 1.48. The molecule has 9 heteroatoms. The molecule has 1 heterocycles. The van der Waals surface area contributed by atoms with Crippen molar-refractivity contribution in [2.45, 2.75) is 31.5 Å². The summed E-state index contributed by atoms with van der Waals surface area (Å²) >= 11 is 0. The monoisotopic (exact) mass is 314 g/mol. The Kier molecular flexibility index (Phi) is 4.66. The van der Waals surface area contributed by atoms with Gasteiger partial charge in [0, 0.05) is 6.54 Å². The third-order valence-electron chi connectivity index (χ3n) is 2.92. The van der Waals surface area contributed by atoms with Gasteiger partial charge in [-0.15, -0.1) is 10.2 Å². The Labute approximate surface area is 121 Å². The maximum absolute atomic E-state index is 13.7. The first-order chi connectivity index (χ1) is 9.97. The summed E-state index contributed by atoms with van der Waals surface area (Å²) in [5.74, 6) is -0.448. The molecule has 1 aromatic heterocycles. The lowest BCUT2D eigenvalue weighted by Crippen LogP contribution is -2.26. The van der Waals surface area contributed by atoms with Crippen molar-refractivity contribution in [3.05, 3.63) is 41.7 Å². The lowest BCUT2D eigenvalue weighted by atomic mass is 10.2. The molecule has 0 bridgehead atoms. The van der Waals surface area contributed by atoms with Crippen molar-refractivity contribution in [2.75, 3.05) is 0 Å². The molecule has 0 aliphatic carbocycles. The fourth-order valence-corrected chi connectivity index (χ4v) is 2.88. The molecule has 21 heavy (non-hydrogen) atoms. The van der Waals surface area contributed by atoms with Crippen molar-refractivity contribution in [3.63, 3.8) is 0 Å². The van der Waals surface area contributed by atoms with Crippen molar-refractivity contribution >= 4 is 10.0 Å². The van der Waals surface area contributed by atoms with Gasteiger partial charge in [-0.2, -0.15) is 0 Å². The molecule has 0 aliphatic rings.